The lowest BCUT2D eigenvalue weighted by Gasteiger charge is -2.31. The largest absolute Gasteiger partial charge is 0.349 e. The molecule has 1 aromatic heterocycles. The zero-order chi connectivity index (χ0) is 22.0. The number of amides is 2. The van der Waals surface area contributed by atoms with Gasteiger partial charge in [-0.2, -0.15) is 4.31 Å². The number of carbonyl (C=O) groups is 2. The van der Waals surface area contributed by atoms with Crippen molar-refractivity contribution < 1.29 is 18.0 Å². The summed E-state index contributed by atoms with van der Waals surface area (Å²) in [5.41, 5.74) is 3.73. The molecule has 1 saturated heterocycles. The number of nitrogens with zero attached hydrogens (tertiary/aromatic N) is 2. The second-order valence-electron chi connectivity index (χ2n) is 7.39. The first-order chi connectivity index (χ1) is 14.8. The number of nitrogens with one attached hydrogen (secondary N) is 2. The van der Waals surface area contributed by atoms with E-state index in [1.54, 1.807) is 23.7 Å². The maximum absolute atomic E-state index is 12.9. The van der Waals surface area contributed by atoms with Crippen LogP contribution in [-0.4, -0.2) is 48.7 Å². The third-order valence-electron chi connectivity index (χ3n) is 5.20. The smallest absolute Gasteiger partial charge is 0.251 e. The predicted octanol–water partition coefficient (Wildman–Crippen LogP) is 2.84. The Bertz CT molecular complexity index is 1210. The molecule has 8 nitrogen and oxygen atoms in total. The quantitative estimate of drug-likeness (QED) is 0.611. The lowest BCUT2D eigenvalue weighted by molar-refractivity contribution is -0.114. The van der Waals surface area contributed by atoms with E-state index >= 15 is 0 Å². The van der Waals surface area contributed by atoms with Crippen molar-refractivity contribution in [2.75, 3.05) is 18.4 Å². The van der Waals surface area contributed by atoms with Gasteiger partial charge in [0.15, 0.2) is 0 Å². The molecular weight excluding hydrogens is 436 g/mol. The van der Waals surface area contributed by atoms with E-state index in [1.165, 1.54) is 34.7 Å². The number of fused-ring (bicyclic) bond motifs is 1. The molecule has 0 aliphatic carbocycles. The average molecular weight is 459 g/mol. The first-order valence-electron chi connectivity index (χ1n) is 9.85. The summed E-state index contributed by atoms with van der Waals surface area (Å²) in [5.74, 6) is -0.378. The fraction of sp³-hybridized carbons (Fsp3) is 0.286. The summed E-state index contributed by atoms with van der Waals surface area (Å²) in [7, 11) is -3.63. The van der Waals surface area contributed by atoms with Gasteiger partial charge in [0.1, 0.15) is 0 Å². The van der Waals surface area contributed by atoms with Crippen molar-refractivity contribution in [2.45, 2.75) is 30.7 Å². The van der Waals surface area contributed by atoms with Gasteiger partial charge < -0.3 is 10.6 Å². The summed E-state index contributed by atoms with van der Waals surface area (Å²) >= 11 is 1.48. The van der Waals surface area contributed by atoms with Crippen molar-refractivity contribution >= 4 is 49.1 Å². The predicted molar refractivity (Wildman–Crippen MR) is 120 cm³/mol. The monoisotopic (exact) mass is 458 g/mol. The van der Waals surface area contributed by atoms with E-state index < -0.39 is 10.0 Å². The van der Waals surface area contributed by atoms with Gasteiger partial charge >= 0.3 is 0 Å². The van der Waals surface area contributed by atoms with Crippen LogP contribution in [0.4, 0.5) is 5.69 Å². The molecule has 0 atom stereocenters. The first-order valence-corrected chi connectivity index (χ1v) is 12.2. The Labute approximate surface area is 184 Å². The maximum Gasteiger partial charge on any atom is 0.251 e. The third kappa shape index (κ3) is 4.76. The maximum atomic E-state index is 12.9. The Kier molecular flexibility index (Phi) is 6.03. The first kappa shape index (κ1) is 21.4. The Hall–Kier alpha value is -2.82. The second kappa shape index (κ2) is 8.74. The standard InChI is InChI=1S/C21H22N4O4S2/c1-14(26)23-16-3-5-18(6-4-16)31(28,29)25-10-8-17(9-11-25)24-21(27)15-2-7-19-20(12-15)30-13-22-19/h2-7,12-13,17H,8-11H2,1H3,(H,23,26)(H,24,27). The van der Waals surface area contributed by atoms with Crippen LogP contribution in [0, 0.1) is 0 Å². The number of hydrogen-bond acceptors (Lipinski definition) is 6. The summed E-state index contributed by atoms with van der Waals surface area (Å²) in [6.07, 6.45) is 1.08. The fourth-order valence-corrected chi connectivity index (χ4v) is 5.75. The van der Waals surface area contributed by atoms with Crippen LogP contribution in [0.25, 0.3) is 10.2 Å². The van der Waals surface area contributed by atoms with E-state index in [0.717, 1.165) is 10.2 Å². The van der Waals surface area contributed by atoms with Crippen LogP contribution >= 0.6 is 11.3 Å². The number of rotatable bonds is 5. The van der Waals surface area contributed by atoms with E-state index in [1.807, 2.05) is 12.1 Å². The fourth-order valence-electron chi connectivity index (χ4n) is 3.57. The molecule has 1 aliphatic heterocycles. The topological polar surface area (TPSA) is 108 Å². The van der Waals surface area contributed by atoms with Gasteiger partial charge in [-0.25, -0.2) is 13.4 Å². The molecule has 1 aliphatic rings. The molecule has 0 unspecified atom stereocenters. The van der Waals surface area contributed by atoms with Crippen LogP contribution in [0.3, 0.4) is 0 Å². The number of hydrogen-bond donors (Lipinski definition) is 2. The summed E-state index contributed by atoms with van der Waals surface area (Å²) in [6.45, 7) is 2.05. The lowest BCUT2D eigenvalue weighted by Crippen LogP contribution is -2.46. The number of anilines is 1. The minimum Gasteiger partial charge on any atom is -0.349 e. The molecule has 2 aromatic carbocycles. The molecule has 31 heavy (non-hydrogen) atoms. The number of carbonyl (C=O) groups excluding carboxylic acids is 2. The van der Waals surface area contributed by atoms with Gasteiger partial charge in [0, 0.05) is 37.3 Å². The molecule has 0 radical (unpaired) electrons. The number of sulfonamides is 1. The molecule has 2 amide bonds. The second-order valence-corrected chi connectivity index (χ2v) is 10.2. The zero-order valence-electron chi connectivity index (χ0n) is 16.9. The van der Waals surface area contributed by atoms with E-state index in [-0.39, 0.29) is 22.8 Å². The SMILES string of the molecule is CC(=O)Nc1ccc(S(=O)(=O)N2CCC(NC(=O)c3ccc4ncsc4c3)CC2)cc1. The zero-order valence-corrected chi connectivity index (χ0v) is 18.5. The van der Waals surface area contributed by atoms with Crippen LogP contribution < -0.4 is 10.6 Å². The lowest BCUT2D eigenvalue weighted by atomic mass is 10.1. The van der Waals surface area contributed by atoms with E-state index in [2.05, 4.69) is 15.6 Å². The molecular formula is C21H22N4O4S2. The van der Waals surface area contributed by atoms with Crippen molar-refractivity contribution in [1.29, 1.82) is 0 Å². The van der Waals surface area contributed by atoms with Crippen molar-refractivity contribution in [3.63, 3.8) is 0 Å². The average Bonchev–Trinajstić information content (AvgIpc) is 3.22. The molecule has 4 rings (SSSR count). The highest BCUT2D eigenvalue weighted by Gasteiger charge is 2.30. The van der Waals surface area contributed by atoms with Crippen molar-refractivity contribution in [2.24, 2.45) is 0 Å². The molecule has 0 spiro atoms. The van der Waals surface area contributed by atoms with Crippen molar-refractivity contribution in [1.82, 2.24) is 14.6 Å². The summed E-state index contributed by atoms with van der Waals surface area (Å²) < 4.78 is 28.2. The third-order valence-corrected chi connectivity index (χ3v) is 7.90. The van der Waals surface area contributed by atoms with Gasteiger partial charge in [-0.15, -0.1) is 11.3 Å². The Morgan fingerprint density at radius 1 is 1.10 bits per heavy atom. The van der Waals surface area contributed by atoms with Gasteiger partial charge in [-0.3, -0.25) is 9.59 Å². The molecule has 1 fully saturated rings. The van der Waals surface area contributed by atoms with Crippen LogP contribution in [0.5, 0.6) is 0 Å². The Morgan fingerprint density at radius 2 is 1.81 bits per heavy atom. The van der Waals surface area contributed by atoms with Gasteiger partial charge in [0.2, 0.25) is 15.9 Å². The van der Waals surface area contributed by atoms with Crippen LogP contribution in [-0.2, 0) is 14.8 Å². The van der Waals surface area contributed by atoms with Gasteiger partial charge in [0.05, 0.1) is 20.6 Å². The molecule has 10 heteroatoms. The Morgan fingerprint density at radius 3 is 2.48 bits per heavy atom. The van der Waals surface area contributed by atoms with E-state index in [9.17, 15) is 18.0 Å². The minimum atomic E-state index is -3.63. The number of aromatic nitrogens is 1. The molecule has 0 bridgehead atoms. The minimum absolute atomic E-state index is 0.0850. The number of piperidine rings is 1. The van der Waals surface area contributed by atoms with E-state index in [0.29, 0.717) is 37.2 Å². The number of benzene rings is 2. The highest BCUT2D eigenvalue weighted by atomic mass is 32.2. The van der Waals surface area contributed by atoms with Crippen molar-refractivity contribution in [3.05, 3.63) is 53.5 Å². The van der Waals surface area contributed by atoms with Crippen LogP contribution in [0.15, 0.2) is 52.9 Å². The highest BCUT2D eigenvalue weighted by Crippen LogP contribution is 2.23. The summed E-state index contributed by atoms with van der Waals surface area (Å²) in [6, 6.07) is 11.4. The normalized spacial score (nSPS) is 15.6. The summed E-state index contributed by atoms with van der Waals surface area (Å²) in [4.78, 5) is 28.1. The van der Waals surface area contributed by atoms with Crippen molar-refractivity contribution in [3.8, 4) is 0 Å². The van der Waals surface area contributed by atoms with Gasteiger partial charge in [0.25, 0.3) is 5.91 Å². The molecule has 162 valence electrons. The highest BCUT2D eigenvalue weighted by molar-refractivity contribution is 7.89. The molecule has 0 saturated carbocycles. The summed E-state index contributed by atoms with van der Waals surface area (Å²) in [5, 5.41) is 5.63. The molecule has 2 heterocycles. The van der Waals surface area contributed by atoms with Gasteiger partial charge in [-0.05, 0) is 55.3 Å². The van der Waals surface area contributed by atoms with Gasteiger partial charge in [-0.1, -0.05) is 0 Å². The number of thiazole rings is 1. The van der Waals surface area contributed by atoms with Crippen LogP contribution in [0.2, 0.25) is 0 Å². The Balaban J connectivity index is 1.36. The molecule has 3 aromatic rings. The van der Waals surface area contributed by atoms with E-state index in [4.69, 9.17) is 0 Å². The molecule has 2 N–H and O–H groups in total. The van der Waals surface area contributed by atoms with Crippen LogP contribution in [0.1, 0.15) is 30.1 Å².